The molecule has 0 spiro atoms. The molecule has 0 bridgehead atoms. The highest BCUT2D eigenvalue weighted by Gasteiger charge is 2.27. The molecule has 0 aromatic carbocycles. The quantitative estimate of drug-likeness (QED) is 0.881. The summed E-state index contributed by atoms with van der Waals surface area (Å²) in [7, 11) is 1.98. The first-order chi connectivity index (χ1) is 9.41. The molecule has 1 aromatic rings. The third-order valence-corrected chi connectivity index (χ3v) is 3.87. The fourth-order valence-electron chi connectivity index (χ4n) is 2.84. The highest BCUT2D eigenvalue weighted by molar-refractivity contribution is 5.27. The van der Waals surface area contributed by atoms with Gasteiger partial charge in [-0.05, 0) is 12.8 Å². The second kappa shape index (κ2) is 6.24. The molecule has 0 aliphatic carbocycles. The van der Waals surface area contributed by atoms with Crippen molar-refractivity contribution in [1.82, 2.24) is 20.2 Å². The molecule has 114 valence electrons. The summed E-state index contributed by atoms with van der Waals surface area (Å²) in [6, 6.07) is 0.149. The number of rotatable bonds is 4. The molecule has 1 aliphatic heterocycles. The van der Waals surface area contributed by atoms with Gasteiger partial charge in [0.25, 0.3) is 0 Å². The highest BCUT2D eigenvalue weighted by atomic mass is 15.5. The second-order valence-electron chi connectivity index (χ2n) is 6.82. The van der Waals surface area contributed by atoms with Gasteiger partial charge in [0.15, 0.2) is 0 Å². The number of hydrazine groups is 1. The lowest BCUT2D eigenvalue weighted by molar-refractivity contribution is 0.129. The summed E-state index contributed by atoms with van der Waals surface area (Å²) in [4.78, 5) is 0. The zero-order chi connectivity index (χ0) is 14.8. The molecular weight excluding hydrogens is 250 g/mol. The Hall–Kier alpha value is -0.910. The van der Waals surface area contributed by atoms with Gasteiger partial charge in [0, 0.05) is 43.9 Å². The molecule has 1 atom stereocenters. The van der Waals surface area contributed by atoms with Crippen LogP contribution in [0.1, 0.15) is 57.3 Å². The highest BCUT2D eigenvalue weighted by Crippen LogP contribution is 2.28. The zero-order valence-electron chi connectivity index (χ0n) is 13.3. The Morgan fingerprint density at radius 1 is 1.30 bits per heavy atom. The zero-order valence-corrected chi connectivity index (χ0v) is 13.3. The van der Waals surface area contributed by atoms with Gasteiger partial charge in [0.05, 0.1) is 11.7 Å². The van der Waals surface area contributed by atoms with Crippen molar-refractivity contribution in [2.75, 3.05) is 19.6 Å². The Kier molecular flexibility index (Phi) is 4.83. The third-order valence-electron chi connectivity index (χ3n) is 3.87. The van der Waals surface area contributed by atoms with Gasteiger partial charge >= 0.3 is 0 Å². The minimum absolute atomic E-state index is 0.0353. The first kappa shape index (κ1) is 15.5. The van der Waals surface area contributed by atoms with Crippen LogP contribution in [0.15, 0.2) is 6.20 Å². The molecule has 20 heavy (non-hydrogen) atoms. The van der Waals surface area contributed by atoms with Gasteiger partial charge in [-0.1, -0.05) is 27.2 Å². The smallest absolute Gasteiger partial charge is 0.0726 e. The van der Waals surface area contributed by atoms with Crippen molar-refractivity contribution in [2.45, 2.75) is 51.5 Å². The van der Waals surface area contributed by atoms with Crippen LogP contribution in [0.3, 0.4) is 0 Å². The van der Waals surface area contributed by atoms with E-state index in [0.29, 0.717) is 6.54 Å². The van der Waals surface area contributed by atoms with E-state index in [0.717, 1.165) is 18.8 Å². The van der Waals surface area contributed by atoms with Crippen LogP contribution in [0.4, 0.5) is 0 Å². The third kappa shape index (κ3) is 3.59. The van der Waals surface area contributed by atoms with Gasteiger partial charge in [0.1, 0.15) is 0 Å². The first-order valence-electron chi connectivity index (χ1n) is 7.67. The van der Waals surface area contributed by atoms with E-state index in [-0.39, 0.29) is 11.5 Å². The van der Waals surface area contributed by atoms with Crippen LogP contribution in [0.2, 0.25) is 0 Å². The van der Waals surface area contributed by atoms with Gasteiger partial charge < -0.3 is 5.73 Å². The van der Waals surface area contributed by atoms with Crippen molar-refractivity contribution < 1.29 is 0 Å². The van der Waals surface area contributed by atoms with E-state index in [1.807, 2.05) is 11.7 Å². The number of aryl methyl sites for hydroxylation is 1. The topological polar surface area (TPSA) is 59.1 Å². The van der Waals surface area contributed by atoms with E-state index < -0.39 is 0 Å². The van der Waals surface area contributed by atoms with Crippen molar-refractivity contribution in [3.05, 3.63) is 17.5 Å². The Labute approximate surface area is 122 Å². The van der Waals surface area contributed by atoms with Crippen LogP contribution in [0.5, 0.6) is 0 Å². The van der Waals surface area contributed by atoms with Gasteiger partial charge in [-0.3, -0.25) is 4.68 Å². The number of nitrogens with one attached hydrogen (secondary N) is 1. The molecule has 0 radical (unpaired) electrons. The molecule has 1 aliphatic rings. The van der Waals surface area contributed by atoms with E-state index in [1.165, 1.54) is 24.8 Å². The molecular formula is C15H29N5. The Morgan fingerprint density at radius 2 is 1.95 bits per heavy atom. The molecule has 1 saturated heterocycles. The number of nitrogens with two attached hydrogens (primary N) is 1. The van der Waals surface area contributed by atoms with E-state index in [4.69, 9.17) is 5.73 Å². The minimum Gasteiger partial charge on any atom is -0.329 e. The summed E-state index contributed by atoms with van der Waals surface area (Å²) in [5.41, 5.74) is 12.0. The van der Waals surface area contributed by atoms with Gasteiger partial charge in [-0.15, -0.1) is 0 Å². The average molecular weight is 279 g/mol. The Bertz CT molecular complexity index is 426. The SMILES string of the molecule is Cn1cc(C(CN)NN2CCCCC2)c(C(C)(C)C)n1. The number of aromatic nitrogens is 2. The fourth-order valence-corrected chi connectivity index (χ4v) is 2.84. The first-order valence-corrected chi connectivity index (χ1v) is 7.67. The normalized spacial score (nSPS) is 19.2. The van der Waals surface area contributed by atoms with Crippen molar-refractivity contribution >= 4 is 0 Å². The molecule has 3 N–H and O–H groups in total. The predicted molar refractivity (Wildman–Crippen MR) is 82.3 cm³/mol. The standard InChI is InChI=1S/C15H29N5/c1-15(2,3)14-12(11-19(4)18-14)13(10-16)17-20-8-6-5-7-9-20/h11,13,17H,5-10,16H2,1-4H3. The predicted octanol–water partition coefficient (Wildman–Crippen LogP) is 1.71. The maximum Gasteiger partial charge on any atom is 0.0726 e. The van der Waals surface area contributed by atoms with Crippen LogP contribution in [0.25, 0.3) is 0 Å². The van der Waals surface area contributed by atoms with Crippen LogP contribution in [-0.2, 0) is 12.5 Å². The summed E-state index contributed by atoms with van der Waals surface area (Å²) >= 11 is 0. The number of hydrogen-bond donors (Lipinski definition) is 2. The molecule has 2 heterocycles. The Balaban J connectivity index is 2.18. The summed E-state index contributed by atoms with van der Waals surface area (Å²) < 4.78 is 1.90. The lowest BCUT2D eigenvalue weighted by Crippen LogP contribution is -2.46. The number of nitrogens with zero attached hydrogens (tertiary/aromatic N) is 3. The summed E-state index contributed by atoms with van der Waals surface area (Å²) in [5.74, 6) is 0. The van der Waals surface area contributed by atoms with Gasteiger partial charge in [-0.2, -0.15) is 5.10 Å². The summed E-state index contributed by atoms with van der Waals surface area (Å²) in [6.45, 7) is 9.42. The van der Waals surface area contributed by atoms with Gasteiger partial charge in [-0.25, -0.2) is 10.4 Å². The maximum absolute atomic E-state index is 6.02. The largest absolute Gasteiger partial charge is 0.329 e. The molecule has 0 saturated carbocycles. The van der Waals surface area contributed by atoms with Crippen LogP contribution in [0, 0.1) is 0 Å². The van der Waals surface area contributed by atoms with Crippen LogP contribution < -0.4 is 11.2 Å². The molecule has 0 amide bonds. The van der Waals surface area contributed by atoms with Gasteiger partial charge in [0.2, 0.25) is 0 Å². The Morgan fingerprint density at radius 3 is 2.50 bits per heavy atom. The van der Waals surface area contributed by atoms with Crippen LogP contribution in [-0.4, -0.2) is 34.4 Å². The number of piperidine rings is 1. The molecule has 5 nitrogen and oxygen atoms in total. The van der Waals surface area contributed by atoms with E-state index >= 15 is 0 Å². The van der Waals surface area contributed by atoms with Crippen molar-refractivity contribution in [3.63, 3.8) is 0 Å². The lowest BCUT2D eigenvalue weighted by atomic mass is 9.87. The van der Waals surface area contributed by atoms with E-state index in [2.05, 4.69) is 42.5 Å². The van der Waals surface area contributed by atoms with E-state index in [1.54, 1.807) is 0 Å². The molecule has 1 unspecified atom stereocenters. The molecule has 2 rings (SSSR count). The van der Waals surface area contributed by atoms with Crippen molar-refractivity contribution in [2.24, 2.45) is 12.8 Å². The molecule has 5 heteroatoms. The lowest BCUT2D eigenvalue weighted by Gasteiger charge is -2.32. The van der Waals surface area contributed by atoms with Crippen molar-refractivity contribution in [1.29, 1.82) is 0 Å². The second-order valence-corrected chi connectivity index (χ2v) is 6.82. The van der Waals surface area contributed by atoms with Crippen LogP contribution >= 0.6 is 0 Å². The minimum atomic E-state index is 0.0353. The molecule has 1 aromatic heterocycles. The maximum atomic E-state index is 6.02. The van der Waals surface area contributed by atoms with E-state index in [9.17, 15) is 0 Å². The summed E-state index contributed by atoms with van der Waals surface area (Å²) in [5, 5.41) is 6.97. The summed E-state index contributed by atoms with van der Waals surface area (Å²) in [6.07, 6.45) is 5.98. The molecule has 1 fully saturated rings. The number of hydrogen-bond acceptors (Lipinski definition) is 4. The monoisotopic (exact) mass is 279 g/mol. The fraction of sp³-hybridized carbons (Fsp3) is 0.800. The van der Waals surface area contributed by atoms with Crippen molar-refractivity contribution in [3.8, 4) is 0 Å². The average Bonchev–Trinajstić information content (AvgIpc) is 2.79.